The van der Waals surface area contributed by atoms with Gasteiger partial charge >= 0.3 is 0 Å². The van der Waals surface area contributed by atoms with E-state index in [0.29, 0.717) is 29.7 Å². The summed E-state index contributed by atoms with van der Waals surface area (Å²) in [4.78, 5) is 0. The summed E-state index contributed by atoms with van der Waals surface area (Å²) < 4.78 is 0. The number of hydrogen-bond acceptors (Lipinski definition) is 6. The minimum Gasteiger partial charge on any atom is -0.505 e. The van der Waals surface area contributed by atoms with Crippen LogP contribution in [0.1, 0.15) is 11.1 Å². The first-order valence-electron chi connectivity index (χ1n) is 8.09. The molecule has 0 aliphatic carbocycles. The maximum atomic E-state index is 10.2. The Morgan fingerprint density at radius 2 is 1.67 bits per heavy atom. The number of nitrogens with zero attached hydrogens (tertiary/aromatic N) is 4. The van der Waals surface area contributed by atoms with Gasteiger partial charge in [-0.1, -0.05) is 36.4 Å². The minimum absolute atomic E-state index is 0.0187. The number of aromatic hydroxyl groups is 2. The molecule has 0 aliphatic rings. The fourth-order valence-electron chi connectivity index (χ4n) is 2.26. The van der Waals surface area contributed by atoms with E-state index in [2.05, 4.69) is 33.9 Å². The number of nitrogens with one attached hydrogen (secondary N) is 1. The van der Waals surface area contributed by atoms with Crippen LogP contribution in [-0.4, -0.2) is 16.0 Å². The van der Waals surface area contributed by atoms with Crippen LogP contribution in [0.25, 0.3) is 0 Å². The normalized spacial score (nSPS) is 11.1. The Kier molecular flexibility index (Phi) is 6.85. The molecule has 0 bridgehead atoms. The van der Waals surface area contributed by atoms with Gasteiger partial charge in [0.25, 0.3) is 5.84 Å². The summed E-state index contributed by atoms with van der Waals surface area (Å²) in [5.74, 6) is -0.275. The van der Waals surface area contributed by atoms with Gasteiger partial charge in [0.2, 0.25) is 0 Å². The van der Waals surface area contributed by atoms with Crippen molar-refractivity contribution in [2.45, 2.75) is 12.8 Å². The molecule has 2 aromatic rings. The van der Waals surface area contributed by atoms with Crippen LogP contribution in [0.3, 0.4) is 0 Å². The third kappa shape index (κ3) is 5.03. The Morgan fingerprint density at radius 3 is 2.30 bits per heavy atom. The maximum Gasteiger partial charge on any atom is 0.270 e. The second-order valence-corrected chi connectivity index (χ2v) is 5.44. The molecule has 3 N–H and O–H groups in total. The highest BCUT2D eigenvalue weighted by molar-refractivity contribution is 5.97. The summed E-state index contributed by atoms with van der Waals surface area (Å²) in [6.07, 6.45) is 4.31. The lowest BCUT2D eigenvalue weighted by Gasteiger charge is -2.07. The van der Waals surface area contributed by atoms with Crippen molar-refractivity contribution in [3.63, 3.8) is 0 Å². The van der Waals surface area contributed by atoms with Crippen LogP contribution in [0.2, 0.25) is 0 Å². The Labute approximate surface area is 157 Å². The lowest BCUT2D eigenvalue weighted by Crippen LogP contribution is -1.97. The van der Waals surface area contributed by atoms with Gasteiger partial charge in [-0.15, -0.1) is 28.5 Å². The quantitative estimate of drug-likeness (QED) is 0.167. The van der Waals surface area contributed by atoms with Gasteiger partial charge < -0.3 is 10.2 Å². The molecule has 7 nitrogen and oxygen atoms in total. The highest BCUT2D eigenvalue weighted by Gasteiger charge is 2.07. The van der Waals surface area contributed by atoms with Crippen molar-refractivity contribution in [2.24, 2.45) is 15.3 Å². The van der Waals surface area contributed by atoms with Crippen molar-refractivity contribution in [2.75, 3.05) is 5.43 Å². The summed E-state index contributed by atoms with van der Waals surface area (Å²) in [6, 6.07) is 11.9. The van der Waals surface area contributed by atoms with Gasteiger partial charge in [0.05, 0.1) is 5.69 Å². The molecule has 0 saturated heterocycles. The number of phenolic OH excluding ortho intramolecular Hbond substituents is 2. The van der Waals surface area contributed by atoms with Crippen LogP contribution in [0.15, 0.2) is 77.0 Å². The number of benzene rings is 2. The third-order valence-corrected chi connectivity index (χ3v) is 3.58. The second-order valence-electron chi connectivity index (χ2n) is 5.44. The van der Waals surface area contributed by atoms with Crippen LogP contribution < -0.4 is 5.43 Å². The van der Waals surface area contributed by atoms with E-state index in [1.165, 1.54) is 0 Å². The van der Waals surface area contributed by atoms with Crippen LogP contribution in [0.4, 0.5) is 11.4 Å². The van der Waals surface area contributed by atoms with Crippen molar-refractivity contribution in [1.29, 1.82) is 5.26 Å². The molecule has 0 amide bonds. The van der Waals surface area contributed by atoms with Crippen molar-refractivity contribution < 1.29 is 10.2 Å². The van der Waals surface area contributed by atoms with Gasteiger partial charge in [0.1, 0.15) is 23.3 Å². The molecular weight excluding hydrogens is 342 g/mol. The molecule has 0 saturated carbocycles. The van der Waals surface area contributed by atoms with Crippen molar-refractivity contribution in [3.8, 4) is 17.6 Å². The van der Waals surface area contributed by atoms with E-state index in [0.717, 1.165) is 0 Å². The van der Waals surface area contributed by atoms with E-state index < -0.39 is 0 Å². The fourth-order valence-corrected chi connectivity index (χ4v) is 2.26. The van der Waals surface area contributed by atoms with Crippen LogP contribution in [0.5, 0.6) is 11.5 Å². The summed E-state index contributed by atoms with van der Waals surface area (Å²) in [7, 11) is 0. The molecule has 7 heteroatoms. The molecule has 0 atom stereocenters. The van der Waals surface area contributed by atoms with Crippen LogP contribution in [-0.2, 0) is 12.8 Å². The van der Waals surface area contributed by atoms with Crippen molar-refractivity contribution in [1.82, 2.24) is 0 Å². The number of nitriles is 1. The molecule has 0 aliphatic heterocycles. The smallest absolute Gasteiger partial charge is 0.270 e. The minimum atomic E-state index is -0.267. The van der Waals surface area contributed by atoms with Gasteiger partial charge in [-0.25, -0.2) is 0 Å². The highest BCUT2D eigenvalue weighted by atomic mass is 16.3. The number of phenols is 2. The molecule has 2 aromatic carbocycles. The van der Waals surface area contributed by atoms with Gasteiger partial charge in [-0.2, -0.15) is 5.26 Å². The number of allylic oxidation sites excluding steroid dienone is 2. The predicted molar refractivity (Wildman–Crippen MR) is 105 cm³/mol. The summed E-state index contributed by atoms with van der Waals surface area (Å²) >= 11 is 0. The Hall–Kier alpha value is -3.92. The van der Waals surface area contributed by atoms with E-state index in [1.807, 2.05) is 0 Å². The molecule has 0 unspecified atom stereocenters. The molecule has 0 aromatic heterocycles. The number of rotatable bonds is 7. The molecule has 136 valence electrons. The van der Waals surface area contributed by atoms with E-state index in [9.17, 15) is 15.5 Å². The first-order valence-corrected chi connectivity index (χ1v) is 8.09. The molecule has 0 heterocycles. The van der Waals surface area contributed by atoms with Gasteiger partial charge in [-0.3, -0.25) is 5.43 Å². The standard InChI is InChI=1S/C20H19N5O2/c1-3-7-14-9-5-11-16(19(14)26)22-24-18(13-21)25-23-17-12-6-10-15(8-4-2)20(17)27/h3-6,9-12,22,26-27H,1-2,7-8H2/b24-18-,25-23?. The first kappa shape index (κ1) is 19.4. The second kappa shape index (κ2) is 9.53. The lowest BCUT2D eigenvalue weighted by molar-refractivity contribution is 0.471. The SMILES string of the molecule is C=CCc1cccc(N=N/C(C#N)=N\Nc2cccc(CC=C)c2O)c1O. The molecule has 0 radical (unpaired) electrons. The van der Waals surface area contributed by atoms with Crippen molar-refractivity contribution >= 4 is 17.2 Å². The molecule has 0 fully saturated rings. The molecule has 0 spiro atoms. The Balaban J connectivity index is 2.21. The third-order valence-electron chi connectivity index (χ3n) is 3.58. The number of hydrazone groups is 1. The number of azo groups is 1. The van der Waals surface area contributed by atoms with Crippen LogP contribution in [0, 0.1) is 11.3 Å². The van der Waals surface area contributed by atoms with E-state index >= 15 is 0 Å². The zero-order valence-corrected chi connectivity index (χ0v) is 14.6. The van der Waals surface area contributed by atoms with Crippen LogP contribution >= 0.6 is 0 Å². The summed E-state index contributed by atoms with van der Waals surface area (Å²) in [5.41, 5.74) is 4.47. The number of hydrogen-bond donors (Lipinski definition) is 3. The van der Waals surface area contributed by atoms with Gasteiger partial charge in [0.15, 0.2) is 0 Å². The molecule has 2 rings (SSSR count). The zero-order chi connectivity index (χ0) is 19.6. The average molecular weight is 361 g/mol. The van der Waals surface area contributed by atoms with Gasteiger partial charge in [0, 0.05) is 0 Å². The largest absolute Gasteiger partial charge is 0.505 e. The number of anilines is 1. The molecular formula is C20H19N5O2. The Morgan fingerprint density at radius 1 is 1.04 bits per heavy atom. The average Bonchev–Trinajstić information content (AvgIpc) is 2.67. The Bertz CT molecular complexity index is 942. The molecule has 27 heavy (non-hydrogen) atoms. The number of para-hydroxylation sites is 2. The van der Waals surface area contributed by atoms with Crippen molar-refractivity contribution in [3.05, 3.63) is 72.8 Å². The van der Waals surface area contributed by atoms with E-state index in [1.54, 1.807) is 54.6 Å². The van der Waals surface area contributed by atoms with E-state index in [-0.39, 0.29) is 23.0 Å². The number of amidine groups is 1. The monoisotopic (exact) mass is 361 g/mol. The summed E-state index contributed by atoms with van der Waals surface area (Å²) in [5, 5.41) is 41.0. The fraction of sp³-hybridized carbons (Fsp3) is 0.100. The first-order chi connectivity index (χ1) is 13.1. The van der Waals surface area contributed by atoms with E-state index in [4.69, 9.17) is 0 Å². The lowest BCUT2D eigenvalue weighted by atomic mass is 10.1. The topological polar surface area (TPSA) is 113 Å². The predicted octanol–water partition coefficient (Wildman–Crippen LogP) is 4.59. The summed E-state index contributed by atoms with van der Waals surface area (Å²) in [6.45, 7) is 7.27. The zero-order valence-electron chi connectivity index (χ0n) is 14.6. The van der Waals surface area contributed by atoms with Gasteiger partial charge in [-0.05, 0) is 36.1 Å². The highest BCUT2D eigenvalue weighted by Crippen LogP contribution is 2.31. The maximum absolute atomic E-state index is 10.2.